The lowest BCUT2D eigenvalue weighted by Crippen LogP contribution is -2.64. The third kappa shape index (κ3) is 3.10. The Bertz CT molecular complexity index is 1440. The maximum Gasteiger partial charge on any atom is 0.356 e. The molecule has 7 nitrogen and oxygen atoms in total. The molecule has 168 valence electrons. The van der Waals surface area contributed by atoms with Crippen LogP contribution in [-0.4, -0.2) is 16.1 Å². The fourth-order valence-corrected chi connectivity index (χ4v) is 5.53. The molecule has 0 spiro atoms. The standard InChI is InChI=1S/C24H19ClFN3O4/c1-11-19(30)15-6-13(26)5-14(12(2)28-16-3-4-17(25)29-18(16)22(31)32)20(15)33-21(11)24-7-23(8-24,9-24)10-27/h3-6,12,28H,7-9H2,1-2H3,(H,31,32)/t12-,23?,24?/m1/s1. The third-order valence-electron chi connectivity index (χ3n) is 6.86. The van der Waals surface area contributed by atoms with Gasteiger partial charge >= 0.3 is 5.97 Å². The van der Waals surface area contributed by atoms with E-state index in [-0.39, 0.29) is 43.8 Å². The summed E-state index contributed by atoms with van der Waals surface area (Å²) in [5.41, 5.74) is 0.00930. The van der Waals surface area contributed by atoms with Crippen LogP contribution in [0.15, 0.2) is 33.5 Å². The molecule has 3 aliphatic carbocycles. The molecule has 3 aromatic rings. The van der Waals surface area contributed by atoms with E-state index in [1.165, 1.54) is 18.2 Å². The first kappa shape index (κ1) is 21.4. The minimum Gasteiger partial charge on any atom is -0.476 e. The van der Waals surface area contributed by atoms with Gasteiger partial charge in [-0.2, -0.15) is 5.26 Å². The summed E-state index contributed by atoms with van der Waals surface area (Å²) in [6.07, 6.45) is 1.94. The average molecular weight is 468 g/mol. The molecule has 0 aliphatic heterocycles. The van der Waals surface area contributed by atoms with Gasteiger partial charge in [0.25, 0.3) is 0 Å². The van der Waals surface area contributed by atoms with Crippen molar-refractivity contribution in [1.82, 2.24) is 4.98 Å². The number of pyridine rings is 1. The number of hydrogen-bond donors (Lipinski definition) is 2. The van der Waals surface area contributed by atoms with Gasteiger partial charge < -0.3 is 14.8 Å². The molecule has 2 N–H and O–H groups in total. The number of hydrogen-bond acceptors (Lipinski definition) is 6. The molecule has 0 unspecified atom stereocenters. The lowest BCUT2D eigenvalue weighted by Gasteiger charge is -2.66. The van der Waals surface area contributed by atoms with Crippen molar-refractivity contribution in [2.45, 2.75) is 44.6 Å². The highest BCUT2D eigenvalue weighted by Crippen LogP contribution is 2.73. The van der Waals surface area contributed by atoms with Gasteiger partial charge in [-0.1, -0.05) is 11.6 Å². The van der Waals surface area contributed by atoms with Crippen molar-refractivity contribution in [2.24, 2.45) is 5.41 Å². The van der Waals surface area contributed by atoms with Crippen LogP contribution in [0.5, 0.6) is 0 Å². The van der Waals surface area contributed by atoms with Gasteiger partial charge in [-0.05, 0) is 57.4 Å². The monoisotopic (exact) mass is 467 g/mol. The molecule has 2 bridgehead atoms. The quantitative estimate of drug-likeness (QED) is 0.501. The van der Waals surface area contributed by atoms with E-state index in [0.717, 1.165) is 6.07 Å². The Labute approximate surface area is 192 Å². The van der Waals surface area contributed by atoms with Crippen LogP contribution in [0.3, 0.4) is 0 Å². The van der Waals surface area contributed by atoms with E-state index in [2.05, 4.69) is 16.4 Å². The van der Waals surface area contributed by atoms with E-state index in [1.54, 1.807) is 13.8 Å². The van der Waals surface area contributed by atoms with Crippen LogP contribution in [0, 0.1) is 29.5 Å². The Morgan fingerprint density at radius 2 is 2.06 bits per heavy atom. The molecule has 3 aliphatic rings. The van der Waals surface area contributed by atoms with Crippen LogP contribution in [0.4, 0.5) is 10.1 Å². The first-order valence-corrected chi connectivity index (χ1v) is 10.8. The topological polar surface area (TPSA) is 116 Å². The van der Waals surface area contributed by atoms with Gasteiger partial charge in [0.1, 0.15) is 22.3 Å². The molecule has 33 heavy (non-hydrogen) atoms. The number of aromatic carboxylic acids is 1. The fourth-order valence-electron chi connectivity index (χ4n) is 5.38. The number of aromatic nitrogens is 1. The van der Waals surface area contributed by atoms with Gasteiger partial charge in [0.05, 0.1) is 28.6 Å². The van der Waals surface area contributed by atoms with E-state index in [1.807, 2.05) is 0 Å². The highest BCUT2D eigenvalue weighted by Gasteiger charge is 2.71. The third-order valence-corrected chi connectivity index (χ3v) is 7.07. The smallest absolute Gasteiger partial charge is 0.356 e. The van der Waals surface area contributed by atoms with Crippen LogP contribution < -0.4 is 10.7 Å². The van der Waals surface area contributed by atoms with Gasteiger partial charge in [-0.15, -0.1) is 0 Å². The number of carbonyl (C=O) groups is 1. The number of fused-ring (bicyclic) bond motifs is 1. The molecule has 1 atom stereocenters. The molecule has 2 heterocycles. The summed E-state index contributed by atoms with van der Waals surface area (Å²) in [6, 6.07) is 7.07. The molecule has 1 aromatic carbocycles. The SMILES string of the molecule is Cc1c(C23CC(C#N)(C2)C3)oc2c([C@@H](C)Nc3ccc(Cl)nc3C(=O)O)cc(F)cc2c1=O. The second kappa shape index (κ2) is 7.03. The zero-order valence-electron chi connectivity index (χ0n) is 17.8. The van der Waals surface area contributed by atoms with Crippen molar-refractivity contribution in [3.63, 3.8) is 0 Å². The predicted molar refractivity (Wildman–Crippen MR) is 119 cm³/mol. The summed E-state index contributed by atoms with van der Waals surface area (Å²) >= 11 is 5.83. The van der Waals surface area contributed by atoms with Crippen molar-refractivity contribution in [3.05, 3.63) is 68.0 Å². The van der Waals surface area contributed by atoms with Gasteiger partial charge in [-0.25, -0.2) is 14.2 Å². The first-order valence-electron chi connectivity index (χ1n) is 10.4. The summed E-state index contributed by atoms with van der Waals surface area (Å²) in [7, 11) is 0. The first-order chi connectivity index (χ1) is 15.6. The van der Waals surface area contributed by atoms with Crippen LogP contribution in [0.25, 0.3) is 11.0 Å². The maximum atomic E-state index is 14.5. The molecule has 2 aromatic heterocycles. The molecule has 6 rings (SSSR count). The number of nitriles is 1. The van der Waals surface area contributed by atoms with Crippen molar-refractivity contribution in [1.29, 1.82) is 5.26 Å². The highest BCUT2D eigenvalue weighted by atomic mass is 35.5. The average Bonchev–Trinajstić information content (AvgIpc) is 2.71. The van der Waals surface area contributed by atoms with Crippen molar-refractivity contribution >= 4 is 34.2 Å². The minimum atomic E-state index is -1.27. The fraction of sp³-hybridized carbons (Fsp3) is 0.333. The van der Waals surface area contributed by atoms with Gasteiger partial charge in [0.15, 0.2) is 11.1 Å². The van der Waals surface area contributed by atoms with Crippen molar-refractivity contribution < 1.29 is 18.7 Å². The molecule has 3 fully saturated rings. The van der Waals surface area contributed by atoms with Crippen LogP contribution in [-0.2, 0) is 5.41 Å². The van der Waals surface area contributed by atoms with Crippen molar-refractivity contribution in [2.75, 3.05) is 5.32 Å². The molecule has 0 amide bonds. The van der Waals surface area contributed by atoms with Gasteiger partial charge in [-0.3, -0.25) is 4.79 Å². The highest BCUT2D eigenvalue weighted by molar-refractivity contribution is 6.29. The number of benzene rings is 1. The van der Waals surface area contributed by atoms with E-state index < -0.39 is 17.8 Å². The Morgan fingerprint density at radius 1 is 1.36 bits per heavy atom. The van der Waals surface area contributed by atoms with Crippen molar-refractivity contribution in [3.8, 4) is 6.07 Å². The lowest BCUT2D eigenvalue weighted by atomic mass is 9.35. The van der Waals surface area contributed by atoms with Gasteiger partial charge in [0, 0.05) is 16.5 Å². The summed E-state index contributed by atoms with van der Waals surface area (Å²) in [4.78, 5) is 28.6. The summed E-state index contributed by atoms with van der Waals surface area (Å²) in [5.74, 6) is -1.32. The second-order valence-corrected chi connectivity index (χ2v) is 9.55. The molecule has 3 saturated carbocycles. The number of carboxylic acid groups (broad SMARTS) is 1. The van der Waals surface area contributed by atoms with E-state index in [0.29, 0.717) is 36.1 Å². The molecular formula is C24H19ClFN3O4. The summed E-state index contributed by atoms with van der Waals surface area (Å²) in [6.45, 7) is 3.38. The Kier molecular flexibility index (Phi) is 4.56. The molecule has 9 heteroatoms. The Morgan fingerprint density at radius 3 is 2.70 bits per heavy atom. The number of rotatable bonds is 5. The normalized spacial score (nSPS) is 23.8. The van der Waals surface area contributed by atoms with Gasteiger partial charge in [0.2, 0.25) is 0 Å². The zero-order valence-corrected chi connectivity index (χ0v) is 18.6. The molecule has 0 saturated heterocycles. The number of nitrogens with one attached hydrogen (secondary N) is 1. The number of carboxylic acids is 1. The second-order valence-electron chi connectivity index (χ2n) is 9.16. The zero-order chi connectivity index (χ0) is 23.7. The number of halogens is 2. The number of nitrogens with zero attached hydrogens (tertiary/aromatic N) is 2. The van der Waals surface area contributed by atoms with Crippen LogP contribution >= 0.6 is 11.6 Å². The van der Waals surface area contributed by atoms with Crippen LogP contribution in [0.2, 0.25) is 5.15 Å². The number of anilines is 1. The van der Waals surface area contributed by atoms with E-state index in [4.69, 9.17) is 16.0 Å². The molecule has 0 radical (unpaired) electrons. The van der Waals surface area contributed by atoms with E-state index >= 15 is 0 Å². The predicted octanol–water partition coefficient (Wildman–Crippen LogP) is 5.11. The van der Waals surface area contributed by atoms with Crippen LogP contribution in [0.1, 0.15) is 59.6 Å². The summed E-state index contributed by atoms with van der Waals surface area (Å²) in [5, 5.41) is 22.0. The Balaban J connectivity index is 1.61. The molecular weight excluding hydrogens is 449 g/mol. The Hall–Kier alpha value is -3.44. The lowest BCUT2D eigenvalue weighted by molar-refractivity contribution is -0.106. The van der Waals surface area contributed by atoms with E-state index in [9.17, 15) is 24.3 Å². The summed E-state index contributed by atoms with van der Waals surface area (Å²) < 4.78 is 20.8. The largest absolute Gasteiger partial charge is 0.476 e. The maximum absolute atomic E-state index is 14.5. The minimum absolute atomic E-state index is 0.0293.